The van der Waals surface area contributed by atoms with Crippen molar-refractivity contribution in [1.29, 1.82) is 0 Å². The Balaban J connectivity index is 2.34. The molecule has 2 nitrogen and oxygen atoms in total. The van der Waals surface area contributed by atoms with E-state index in [-0.39, 0.29) is 11.9 Å². The third-order valence-electron chi connectivity index (χ3n) is 3.91. The number of hydrogen-bond donors (Lipinski definition) is 1. The van der Waals surface area contributed by atoms with Crippen molar-refractivity contribution in [3.05, 3.63) is 35.4 Å². The number of hydrogen-bond acceptors (Lipinski definition) is 1. The molecule has 1 fully saturated rings. The fourth-order valence-corrected chi connectivity index (χ4v) is 2.76. The third kappa shape index (κ3) is 2.46. The molecule has 1 amide bonds. The molecule has 0 aliphatic carbocycles. The van der Waals surface area contributed by atoms with E-state index in [9.17, 15) is 18.0 Å². The average molecular weight is 271 g/mol. The minimum Gasteiger partial charge on any atom is -0.352 e. The van der Waals surface area contributed by atoms with Crippen LogP contribution >= 0.6 is 0 Å². The van der Waals surface area contributed by atoms with Gasteiger partial charge in [-0.05, 0) is 24.1 Å². The van der Waals surface area contributed by atoms with Gasteiger partial charge in [0.2, 0.25) is 5.91 Å². The molecule has 19 heavy (non-hydrogen) atoms. The van der Waals surface area contributed by atoms with Crippen molar-refractivity contribution in [1.82, 2.24) is 5.32 Å². The van der Waals surface area contributed by atoms with Crippen LogP contribution in [-0.2, 0) is 16.4 Å². The minimum atomic E-state index is -4.33. The maximum Gasteiger partial charge on any atom is 0.416 e. The molecule has 1 aliphatic rings. The minimum absolute atomic E-state index is 0.0308. The zero-order valence-electron chi connectivity index (χ0n) is 10.8. The number of rotatable bonds is 2. The highest BCUT2D eigenvalue weighted by molar-refractivity contribution is 5.81. The molecule has 2 rings (SSSR count). The van der Waals surface area contributed by atoms with Gasteiger partial charge in [0.15, 0.2) is 0 Å². The van der Waals surface area contributed by atoms with Crippen LogP contribution in [-0.4, -0.2) is 11.9 Å². The van der Waals surface area contributed by atoms with E-state index in [1.165, 1.54) is 12.1 Å². The van der Waals surface area contributed by atoms with Crippen molar-refractivity contribution >= 4 is 5.91 Å². The van der Waals surface area contributed by atoms with E-state index in [4.69, 9.17) is 0 Å². The molecule has 2 unspecified atom stereocenters. The molecule has 0 bridgehead atoms. The fourth-order valence-electron chi connectivity index (χ4n) is 2.76. The predicted octanol–water partition coefficient (Wildman–Crippen LogP) is 3.26. The van der Waals surface area contributed by atoms with Crippen molar-refractivity contribution in [3.8, 4) is 0 Å². The third-order valence-corrected chi connectivity index (χ3v) is 3.91. The van der Waals surface area contributed by atoms with Crippen molar-refractivity contribution < 1.29 is 18.0 Å². The molecule has 0 spiro atoms. The molecule has 0 radical (unpaired) electrons. The lowest BCUT2D eigenvalue weighted by atomic mass is 9.75. The molecule has 1 heterocycles. The van der Waals surface area contributed by atoms with Crippen LogP contribution in [0.1, 0.15) is 37.8 Å². The van der Waals surface area contributed by atoms with Gasteiger partial charge in [-0.15, -0.1) is 0 Å². The number of nitrogens with one attached hydrogen (secondary N) is 1. The standard InChI is InChI=1S/C14H16F3NO/c1-3-11-13(2,8-12(19)18-11)9-4-6-10(7-5-9)14(15,16)17/h4-7,11H,3,8H2,1-2H3,(H,18,19). The molecule has 5 heteroatoms. The first-order valence-electron chi connectivity index (χ1n) is 6.24. The van der Waals surface area contributed by atoms with Crippen LogP contribution in [0.5, 0.6) is 0 Å². The summed E-state index contributed by atoms with van der Waals surface area (Å²) in [7, 11) is 0. The lowest BCUT2D eigenvalue weighted by Gasteiger charge is -2.30. The zero-order valence-corrected chi connectivity index (χ0v) is 10.8. The second-order valence-electron chi connectivity index (χ2n) is 5.20. The van der Waals surface area contributed by atoms with E-state index >= 15 is 0 Å². The number of benzene rings is 1. The summed E-state index contributed by atoms with van der Waals surface area (Å²) in [5, 5.41) is 2.88. The normalized spacial score (nSPS) is 27.4. The molecule has 1 aromatic carbocycles. The Morgan fingerprint density at radius 2 is 1.89 bits per heavy atom. The van der Waals surface area contributed by atoms with E-state index in [2.05, 4.69) is 5.32 Å². The molecule has 2 atom stereocenters. The number of amides is 1. The highest BCUT2D eigenvalue weighted by Crippen LogP contribution is 2.38. The molecular formula is C14H16F3NO. The second-order valence-corrected chi connectivity index (χ2v) is 5.20. The van der Waals surface area contributed by atoms with Gasteiger partial charge in [-0.25, -0.2) is 0 Å². The lowest BCUT2D eigenvalue weighted by molar-refractivity contribution is -0.137. The average Bonchev–Trinajstić information content (AvgIpc) is 2.64. The Morgan fingerprint density at radius 1 is 1.32 bits per heavy atom. The predicted molar refractivity (Wildman–Crippen MR) is 65.6 cm³/mol. The van der Waals surface area contributed by atoms with Crippen molar-refractivity contribution in [2.75, 3.05) is 0 Å². The van der Waals surface area contributed by atoms with Crippen LogP contribution in [0.2, 0.25) is 0 Å². The Hall–Kier alpha value is -1.52. The van der Waals surface area contributed by atoms with Crippen molar-refractivity contribution in [2.45, 2.75) is 44.3 Å². The van der Waals surface area contributed by atoms with Gasteiger partial charge in [-0.3, -0.25) is 4.79 Å². The SMILES string of the molecule is CCC1NC(=O)CC1(C)c1ccc(C(F)(F)F)cc1. The van der Waals surface area contributed by atoms with Crippen LogP contribution in [0.4, 0.5) is 13.2 Å². The van der Waals surface area contributed by atoms with E-state index in [0.717, 1.165) is 24.1 Å². The largest absolute Gasteiger partial charge is 0.416 e. The summed E-state index contributed by atoms with van der Waals surface area (Å²) >= 11 is 0. The molecule has 1 aliphatic heterocycles. The number of alkyl halides is 3. The Bertz CT molecular complexity index is 480. The topological polar surface area (TPSA) is 29.1 Å². The summed E-state index contributed by atoms with van der Waals surface area (Å²) in [6.45, 7) is 3.88. The van der Waals surface area contributed by atoms with E-state index in [0.29, 0.717) is 6.42 Å². The highest BCUT2D eigenvalue weighted by atomic mass is 19.4. The number of halogens is 3. The monoisotopic (exact) mass is 271 g/mol. The van der Waals surface area contributed by atoms with E-state index in [1.54, 1.807) is 0 Å². The maximum atomic E-state index is 12.5. The van der Waals surface area contributed by atoms with Gasteiger partial charge in [-0.1, -0.05) is 26.0 Å². The molecule has 0 aromatic heterocycles. The first kappa shape index (κ1) is 13.9. The van der Waals surface area contributed by atoms with Crippen LogP contribution in [0.3, 0.4) is 0 Å². The van der Waals surface area contributed by atoms with Crippen LogP contribution in [0, 0.1) is 0 Å². The molecular weight excluding hydrogens is 255 g/mol. The summed E-state index contributed by atoms with van der Waals surface area (Å²) in [5.41, 5.74) is -0.327. The Kier molecular flexibility index (Phi) is 3.32. The summed E-state index contributed by atoms with van der Waals surface area (Å²) in [6, 6.07) is 5.08. The summed E-state index contributed by atoms with van der Waals surface area (Å²) in [4.78, 5) is 11.5. The molecule has 1 saturated heterocycles. The van der Waals surface area contributed by atoms with Gasteiger partial charge in [0.1, 0.15) is 0 Å². The van der Waals surface area contributed by atoms with Gasteiger partial charge in [0.25, 0.3) is 0 Å². The number of carbonyl (C=O) groups is 1. The van der Waals surface area contributed by atoms with Gasteiger partial charge < -0.3 is 5.32 Å². The zero-order chi connectivity index (χ0) is 14.3. The second kappa shape index (κ2) is 4.54. The van der Waals surface area contributed by atoms with Crippen LogP contribution < -0.4 is 5.32 Å². The summed E-state index contributed by atoms with van der Waals surface area (Å²) in [6.07, 6.45) is -3.26. The molecule has 104 valence electrons. The molecule has 1 N–H and O–H groups in total. The van der Waals surface area contributed by atoms with Crippen LogP contribution in [0.25, 0.3) is 0 Å². The van der Waals surface area contributed by atoms with E-state index < -0.39 is 17.2 Å². The summed E-state index contributed by atoms with van der Waals surface area (Å²) < 4.78 is 37.6. The fraction of sp³-hybridized carbons (Fsp3) is 0.500. The Labute approximate surface area is 110 Å². The first-order valence-corrected chi connectivity index (χ1v) is 6.24. The van der Waals surface area contributed by atoms with Gasteiger partial charge in [0.05, 0.1) is 5.56 Å². The maximum absolute atomic E-state index is 12.5. The number of carbonyl (C=O) groups excluding carboxylic acids is 1. The van der Waals surface area contributed by atoms with Gasteiger partial charge in [-0.2, -0.15) is 13.2 Å². The molecule has 1 aromatic rings. The van der Waals surface area contributed by atoms with Crippen LogP contribution in [0.15, 0.2) is 24.3 Å². The highest BCUT2D eigenvalue weighted by Gasteiger charge is 2.43. The van der Waals surface area contributed by atoms with Crippen molar-refractivity contribution in [3.63, 3.8) is 0 Å². The molecule has 0 saturated carbocycles. The van der Waals surface area contributed by atoms with Gasteiger partial charge in [0, 0.05) is 17.9 Å². The van der Waals surface area contributed by atoms with Gasteiger partial charge >= 0.3 is 6.18 Å². The summed E-state index contributed by atoms with van der Waals surface area (Å²) in [5.74, 6) is -0.0470. The Morgan fingerprint density at radius 3 is 2.37 bits per heavy atom. The quantitative estimate of drug-likeness (QED) is 0.879. The first-order chi connectivity index (χ1) is 8.77. The van der Waals surface area contributed by atoms with Crippen molar-refractivity contribution in [2.24, 2.45) is 0 Å². The smallest absolute Gasteiger partial charge is 0.352 e. The van der Waals surface area contributed by atoms with E-state index in [1.807, 2.05) is 13.8 Å². The lowest BCUT2D eigenvalue weighted by Crippen LogP contribution is -2.37.